The maximum Gasteiger partial charge on any atom is 0.220 e. The maximum atomic E-state index is 6.07. The summed E-state index contributed by atoms with van der Waals surface area (Å²) in [5.41, 5.74) is 1.00. The van der Waals surface area contributed by atoms with Crippen LogP contribution in [0.4, 0.5) is 0 Å². The van der Waals surface area contributed by atoms with Gasteiger partial charge in [0.2, 0.25) is 5.88 Å². The summed E-state index contributed by atoms with van der Waals surface area (Å²) in [6.07, 6.45) is 4.57. The van der Waals surface area contributed by atoms with Crippen LogP contribution in [0.15, 0.2) is 6.20 Å². The van der Waals surface area contributed by atoms with Gasteiger partial charge in [-0.3, -0.25) is 4.90 Å². The fraction of sp³-hybridized carbons (Fsp3) is 0.778. The summed E-state index contributed by atoms with van der Waals surface area (Å²) in [6.45, 7) is 17.0. The standard InChI is InChI=1S/C18H31N3O/c1-17(2,3)14-13-19-16(18(4,5)6)20-15(14)22-12-11-21-9-7-8-10-21/h13H,7-12H2,1-6H3. The van der Waals surface area contributed by atoms with Crippen molar-refractivity contribution in [1.29, 1.82) is 0 Å². The van der Waals surface area contributed by atoms with Crippen molar-refractivity contribution in [1.82, 2.24) is 14.9 Å². The lowest BCUT2D eigenvalue weighted by atomic mass is 9.88. The number of rotatable bonds is 4. The molecule has 0 unspecified atom stereocenters. The highest BCUT2D eigenvalue weighted by atomic mass is 16.5. The van der Waals surface area contributed by atoms with Gasteiger partial charge in [0.25, 0.3) is 0 Å². The fourth-order valence-electron chi connectivity index (χ4n) is 2.63. The zero-order chi connectivity index (χ0) is 16.4. The second-order valence-electron chi connectivity index (χ2n) is 8.31. The van der Waals surface area contributed by atoms with Gasteiger partial charge < -0.3 is 4.74 Å². The van der Waals surface area contributed by atoms with E-state index in [1.807, 2.05) is 6.20 Å². The van der Waals surface area contributed by atoms with Crippen LogP contribution in [0.1, 0.15) is 65.8 Å². The molecule has 22 heavy (non-hydrogen) atoms. The molecule has 0 atom stereocenters. The Bertz CT molecular complexity index is 494. The molecule has 124 valence electrons. The molecule has 1 aromatic heterocycles. The lowest BCUT2D eigenvalue weighted by Gasteiger charge is -2.25. The SMILES string of the molecule is CC(C)(C)c1ncc(C(C)(C)C)c(OCCN2CCCC2)n1. The zero-order valence-electron chi connectivity index (χ0n) is 15.1. The molecule has 4 nitrogen and oxygen atoms in total. The molecule has 0 saturated carbocycles. The lowest BCUT2D eigenvalue weighted by Crippen LogP contribution is -2.26. The van der Waals surface area contributed by atoms with Crippen LogP contribution < -0.4 is 4.74 Å². The first kappa shape index (κ1) is 17.2. The third-order valence-corrected chi connectivity index (χ3v) is 4.08. The highest BCUT2D eigenvalue weighted by molar-refractivity contribution is 5.31. The molecular formula is C18H31N3O. The molecular weight excluding hydrogens is 274 g/mol. The molecule has 0 aliphatic carbocycles. The molecule has 1 fully saturated rings. The Kier molecular flexibility index (Phi) is 5.10. The van der Waals surface area contributed by atoms with E-state index in [1.165, 1.54) is 25.9 Å². The number of likely N-dealkylation sites (tertiary alicyclic amines) is 1. The Morgan fingerprint density at radius 1 is 1.05 bits per heavy atom. The summed E-state index contributed by atoms with van der Waals surface area (Å²) in [6, 6.07) is 0. The van der Waals surface area contributed by atoms with Gasteiger partial charge in [0.15, 0.2) is 0 Å². The molecule has 0 bridgehead atoms. The molecule has 2 heterocycles. The summed E-state index contributed by atoms with van der Waals surface area (Å²) < 4.78 is 6.07. The van der Waals surface area contributed by atoms with E-state index in [1.54, 1.807) is 0 Å². The molecule has 0 N–H and O–H groups in total. The number of hydrogen-bond acceptors (Lipinski definition) is 4. The van der Waals surface area contributed by atoms with Gasteiger partial charge in [0.05, 0.1) is 0 Å². The van der Waals surface area contributed by atoms with Crippen molar-refractivity contribution in [2.24, 2.45) is 0 Å². The van der Waals surface area contributed by atoms with E-state index < -0.39 is 0 Å². The Labute approximate surface area is 135 Å². The van der Waals surface area contributed by atoms with Crippen molar-refractivity contribution in [3.05, 3.63) is 17.6 Å². The quantitative estimate of drug-likeness (QED) is 0.852. The Morgan fingerprint density at radius 3 is 2.23 bits per heavy atom. The third kappa shape index (κ3) is 4.42. The minimum absolute atomic E-state index is 0.0145. The van der Waals surface area contributed by atoms with Gasteiger partial charge in [-0.1, -0.05) is 41.5 Å². The highest BCUT2D eigenvalue weighted by Crippen LogP contribution is 2.31. The molecule has 2 rings (SSSR count). The van der Waals surface area contributed by atoms with Crippen LogP contribution in [0.25, 0.3) is 0 Å². The first-order valence-electron chi connectivity index (χ1n) is 8.41. The summed E-state index contributed by atoms with van der Waals surface area (Å²) in [7, 11) is 0. The Hall–Kier alpha value is -1.16. The van der Waals surface area contributed by atoms with Crippen LogP contribution in [0.2, 0.25) is 0 Å². The van der Waals surface area contributed by atoms with Crippen molar-refractivity contribution in [2.75, 3.05) is 26.2 Å². The van der Waals surface area contributed by atoms with Crippen molar-refractivity contribution in [2.45, 2.75) is 65.2 Å². The van der Waals surface area contributed by atoms with Gasteiger partial charge >= 0.3 is 0 Å². The molecule has 0 aromatic carbocycles. The van der Waals surface area contributed by atoms with Gasteiger partial charge in [0, 0.05) is 23.7 Å². The highest BCUT2D eigenvalue weighted by Gasteiger charge is 2.25. The van der Waals surface area contributed by atoms with Crippen LogP contribution in [0, 0.1) is 0 Å². The van der Waals surface area contributed by atoms with Crippen LogP contribution in [-0.2, 0) is 10.8 Å². The van der Waals surface area contributed by atoms with Gasteiger partial charge in [0.1, 0.15) is 12.4 Å². The van der Waals surface area contributed by atoms with Crippen molar-refractivity contribution >= 4 is 0 Å². The average molecular weight is 305 g/mol. The van der Waals surface area contributed by atoms with Crippen molar-refractivity contribution in [3.8, 4) is 5.88 Å². The number of nitrogens with zero attached hydrogens (tertiary/aromatic N) is 3. The summed E-state index contributed by atoms with van der Waals surface area (Å²) in [5, 5.41) is 0. The van der Waals surface area contributed by atoms with Gasteiger partial charge in [-0.2, -0.15) is 4.98 Å². The van der Waals surface area contributed by atoms with E-state index in [9.17, 15) is 0 Å². The van der Waals surface area contributed by atoms with Gasteiger partial charge in [-0.05, 0) is 31.3 Å². The van der Waals surface area contributed by atoms with Crippen LogP contribution >= 0.6 is 0 Å². The molecule has 4 heteroatoms. The molecule has 1 saturated heterocycles. The minimum atomic E-state index is -0.0660. The average Bonchev–Trinajstić information content (AvgIpc) is 2.89. The lowest BCUT2D eigenvalue weighted by molar-refractivity contribution is 0.226. The van der Waals surface area contributed by atoms with Crippen molar-refractivity contribution < 1.29 is 4.74 Å². The second kappa shape index (κ2) is 6.53. The molecule has 0 amide bonds. The molecule has 1 aromatic rings. The fourth-order valence-corrected chi connectivity index (χ4v) is 2.63. The Morgan fingerprint density at radius 2 is 1.68 bits per heavy atom. The number of aromatic nitrogens is 2. The normalized spacial score (nSPS) is 17.0. The first-order valence-corrected chi connectivity index (χ1v) is 8.41. The minimum Gasteiger partial charge on any atom is -0.476 e. The van der Waals surface area contributed by atoms with Crippen molar-refractivity contribution in [3.63, 3.8) is 0 Å². The third-order valence-electron chi connectivity index (χ3n) is 4.08. The van der Waals surface area contributed by atoms with E-state index in [4.69, 9.17) is 9.72 Å². The van der Waals surface area contributed by atoms with Gasteiger partial charge in [-0.25, -0.2) is 4.98 Å². The summed E-state index contributed by atoms with van der Waals surface area (Å²) in [5.74, 6) is 1.60. The summed E-state index contributed by atoms with van der Waals surface area (Å²) >= 11 is 0. The predicted octanol–water partition coefficient (Wildman–Crippen LogP) is 3.55. The van der Waals surface area contributed by atoms with Crippen LogP contribution in [0.5, 0.6) is 5.88 Å². The number of hydrogen-bond donors (Lipinski definition) is 0. The van der Waals surface area contributed by atoms with E-state index in [2.05, 4.69) is 51.4 Å². The molecule has 1 aliphatic rings. The van der Waals surface area contributed by atoms with Crippen LogP contribution in [-0.4, -0.2) is 41.1 Å². The first-order chi connectivity index (χ1) is 10.2. The molecule has 1 aliphatic heterocycles. The van der Waals surface area contributed by atoms with E-state index in [-0.39, 0.29) is 10.8 Å². The monoisotopic (exact) mass is 305 g/mol. The van der Waals surface area contributed by atoms with Gasteiger partial charge in [-0.15, -0.1) is 0 Å². The smallest absolute Gasteiger partial charge is 0.220 e. The number of ether oxygens (including phenoxy) is 1. The van der Waals surface area contributed by atoms with E-state index >= 15 is 0 Å². The summed E-state index contributed by atoms with van der Waals surface area (Å²) in [4.78, 5) is 11.7. The molecule has 0 radical (unpaired) electrons. The predicted molar refractivity (Wildman–Crippen MR) is 90.6 cm³/mol. The Balaban J connectivity index is 2.14. The van der Waals surface area contributed by atoms with E-state index in [0.717, 1.165) is 23.8 Å². The largest absolute Gasteiger partial charge is 0.476 e. The topological polar surface area (TPSA) is 38.2 Å². The van der Waals surface area contributed by atoms with Crippen LogP contribution in [0.3, 0.4) is 0 Å². The second-order valence-corrected chi connectivity index (χ2v) is 8.31. The van der Waals surface area contributed by atoms with E-state index in [0.29, 0.717) is 6.61 Å². The zero-order valence-corrected chi connectivity index (χ0v) is 15.1. The molecule has 0 spiro atoms. The maximum absolute atomic E-state index is 6.07.